The van der Waals surface area contributed by atoms with Gasteiger partial charge in [-0.05, 0) is 25.1 Å². The summed E-state index contributed by atoms with van der Waals surface area (Å²) in [5.74, 6) is -0.113. The van der Waals surface area contributed by atoms with Crippen molar-refractivity contribution in [1.82, 2.24) is 10.6 Å². The summed E-state index contributed by atoms with van der Waals surface area (Å²) < 4.78 is 10.5. The zero-order valence-corrected chi connectivity index (χ0v) is 13.9. The Balaban J connectivity index is 2.04. The molecular formula is C17H15N3O6. The summed E-state index contributed by atoms with van der Waals surface area (Å²) >= 11 is 0. The summed E-state index contributed by atoms with van der Waals surface area (Å²) in [6.45, 7) is 1.57. The second kappa shape index (κ2) is 6.71. The molecule has 1 aliphatic heterocycles. The van der Waals surface area contributed by atoms with E-state index in [1.54, 1.807) is 37.3 Å². The van der Waals surface area contributed by atoms with Gasteiger partial charge in [0.25, 0.3) is 5.69 Å². The number of hydrogen-bond acceptors (Lipinski definition) is 6. The average Bonchev–Trinajstić information content (AvgIpc) is 3.10. The minimum Gasteiger partial charge on any atom is -0.466 e. The number of furan rings is 1. The number of rotatable bonds is 4. The van der Waals surface area contributed by atoms with Gasteiger partial charge in [-0.1, -0.05) is 12.1 Å². The lowest BCUT2D eigenvalue weighted by Crippen LogP contribution is -2.45. The highest BCUT2D eigenvalue weighted by molar-refractivity contribution is 5.94. The third-order valence-corrected chi connectivity index (χ3v) is 3.95. The molecule has 0 spiro atoms. The number of hydrogen-bond donors (Lipinski definition) is 2. The number of urea groups is 1. The summed E-state index contributed by atoms with van der Waals surface area (Å²) in [7, 11) is 1.23. The van der Waals surface area contributed by atoms with Crippen molar-refractivity contribution in [3.05, 3.63) is 63.5 Å². The fraction of sp³-hybridized carbons (Fsp3) is 0.176. The van der Waals surface area contributed by atoms with Crippen LogP contribution in [-0.4, -0.2) is 24.0 Å². The number of carbonyl (C=O) groups is 2. The molecule has 0 saturated carbocycles. The number of carbonyl (C=O) groups excluding carboxylic acids is 2. The molecule has 0 radical (unpaired) electrons. The first-order valence-corrected chi connectivity index (χ1v) is 7.62. The van der Waals surface area contributed by atoms with E-state index in [1.807, 2.05) is 0 Å². The van der Waals surface area contributed by atoms with Crippen molar-refractivity contribution in [3.8, 4) is 11.3 Å². The van der Waals surface area contributed by atoms with Crippen LogP contribution in [0.5, 0.6) is 0 Å². The SMILES string of the molecule is COC(=O)C1=C(C)NC(=O)N[C@@H]1c1ccc(-c2ccccc2[N+](=O)[O-])o1. The Morgan fingerprint density at radius 1 is 1.27 bits per heavy atom. The molecule has 0 bridgehead atoms. The van der Waals surface area contributed by atoms with E-state index < -0.39 is 23.0 Å². The van der Waals surface area contributed by atoms with Crippen LogP contribution in [0.2, 0.25) is 0 Å². The minimum absolute atomic E-state index is 0.109. The van der Waals surface area contributed by atoms with Gasteiger partial charge in [0.05, 0.1) is 23.2 Å². The maximum Gasteiger partial charge on any atom is 0.338 e. The molecular weight excluding hydrogens is 342 g/mol. The van der Waals surface area contributed by atoms with E-state index in [-0.39, 0.29) is 22.8 Å². The quantitative estimate of drug-likeness (QED) is 0.492. The van der Waals surface area contributed by atoms with Crippen LogP contribution in [0.25, 0.3) is 11.3 Å². The van der Waals surface area contributed by atoms with Crippen LogP contribution in [0.1, 0.15) is 18.7 Å². The van der Waals surface area contributed by atoms with Gasteiger partial charge < -0.3 is 19.8 Å². The number of benzene rings is 1. The van der Waals surface area contributed by atoms with Gasteiger partial charge in [-0.2, -0.15) is 0 Å². The number of nitro benzene ring substituents is 1. The topological polar surface area (TPSA) is 124 Å². The van der Waals surface area contributed by atoms with Crippen LogP contribution < -0.4 is 10.6 Å². The molecule has 0 saturated heterocycles. The second-order valence-electron chi connectivity index (χ2n) is 5.54. The highest BCUT2D eigenvalue weighted by atomic mass is 16.6. The van der Waals surface area contributed by atoms with E-state index in [9.17, 15) is 19.7 Å². The van der Waals surface area contributed by atoms with E-state index in [0.717, 1.165) is 0 Å². The number of esters is 1. The number of nitrogens with zero attached hydrogens (tertiary/aromatic N) is 1. The first kappa shape index (κ1) is 17.2. The number of methoxy groups -OCH3 is 1. The predicted octanol–water partition coefficient (Wildman–Crippen LogP) is 2.66. The molecule has 1 atom stereocenters. The third-order valence-electron chi connectivity index (χ3n) is 3.95. The van der Waals surface area contributed by atoms with Crippen LogP contribution >= 0.6 is 0 Å². The molecule has 2 heterocycles. The smallest absolute Gasteiger partial charge is 0.338 e. The molecule has 2 N–H and O–H groups in total. The van der Waals surface area contributed by atoms with E-state index >= 15 is 0 Å². The second-order valence-corrected chi connectivity index (χ2v) is 5.54. The van der Waals surface area contributed by atoms with Crippen LogP contribution in [-0.2, 0) is 9.53 Å². The van der Waals surface area contributed by atoms with Crippen molar-refractivity contribution < 1.29 is 23.7 Å². The van der Waals surface area contributed by atoms with Crippen molar-refractivity contribution in [3.63, 3.8) is 0 Å². The molecule has 1 aromatic carbocycles. The van der Waals surface area contributed by atoms with Gasteiger partial charge in [0.15, 0.2) is 0 Å². The summed E-state index contributed by atoms with van der Waals surface area (Å²) in [6, 6.07) is 7.88. The molecule has 0 fully saturated rings. The van der Waals surface area contributed by atoms with Gasteiger partial charge in [-0.15, -0.1) is 0 Å². The summed E-state index contributed by atoms with van der Waals surface area (Å²) in [5.41, 5.74) is 0.719. The molecule has 3 rings (SSSR count). The Hall–Kier alpha value is -3.62. The van der Waals surface area contributed by atoms with Crippen molar-refractivity contribution in [1.29, 1.82) is 0 Å². The molecule has 9 heteroatoms. The third kappa shape index (κ3) is 3.02. The molecule has 0 unspecified atom stereocenters. The highest BCUT2D eigenvalue weighted by Crippen LogP contribution is 2.35. The Labute approximate surface area is 147 Å². The number of amides is 2. The lowest BCUT2D eigenvalue weighted by atomic mass is 10.0. The van der Waals surface area contributed by atoms with Crippen molar-refractivity contribution in [2.24, 2.45) is 0 Å². The monoisotopic (exact) mass is 357 g/mol. The molecule has 1 aliphatic rings. The number of ether oxygens (including phenoxy) is 1. The zero-order valence-electron chi connectivity index (χ0n) is 13.9. The van der Waals surface area contributed by atoms with Crippen LogP contribution in [0, 0.1) is 10.1 Å². The van der Waals surface area contributed by atoms with E-state index in [2.05, 4.69) is 10.6 Å². The lowest BCUT2D eigenvalue weighted by Gasteiger charge is -2.26. The molecule has 2 aromatic rings. The Morgan fingerprint density at radius 3 is 2.69 bits per heavy atom. The Morgan fingerprint density at radius 2 is 2.00 bits per heavy atom. The minimum atomic E-state index is -0.868. The number of nitrogens with one attached hydrogen (secondary N) is 2. The number of para-hydroxylation sites is 1. The van der Waals surface area contributed by atoms with Crippen molar-refractivity contribution >= 4 is 17.7 Å². The fourth-order valence-electron chi connectivity index (χ4n) is 2.78. The predicted molar refractivity (Wildman–Crippen MR) is 89.9 cm³/mol. The average molecular weight is 357 g/mol. The van der Waals surface area contributed by atoms with Gasteiger partial charge in [0.1, 0.15) is 17.6 Å². The molecule has 2 amide bonds. The van der Waals surface area contributed by atoms with Gasteiger partial charge in [0.2, 0.25) is 0 Å². The lowest BCUT2D eigenvalue weighted by molar-refractivity contribution is -0.384. The van der Waals surface area contributed by atoms with Crippen LogP contribution in [0.3, 0.4) is 0 Å². The first-order valence-electron chi connectivity index (χ1n) is 7.62. The first-order chi connectivity index (χ1) is 12.4. The normalized spacial score (nSPS) is 16.7. The van der Waals surface area contributed by atoms with Gasteiger partial charge in [0, 0.05) is 11.8 Å². The van der Waals surface area contributed by atoms with Crippen LogP contribution in [0.15, 0.2) is 52.1 Å². The number of allylic oxidation sites excluding steroid dienone is 1. The van der Waals surface area contributed by atoms with Crippen LogP contribution in [0.4, 0.5) is 10.5 Å². The van der Waals surface area contributed by atoms with Crippen molar-refractivity contribution in [2.45, 2.75) is 13.0 Å². The maximum absolute atomic E-state index is 12.1. The largest absolute Gasteiger partial charge is 0.466 e. The van der Waals surface area contributed by atoms with Crippen molar-refractivity contribution in [2.75, 3.05) is 7.11 Å². The standard InChI is InChI=1S/C17H15N3O6/c1-9-14(16(21)25-2)15(19-17(22)18-9)13-8-7-12(26-13)10-5-3-4-6-11(10)20(23)24/h3-8,15H,1-2H3,(H2,18,19,22)/t15-/m1/s1. The van der Waals surface area contributed by atoms with E-state index in [4.69, 9.17) is 9.15 Å². The fourth-order valence-corrected chi connectivity index (χ4v) is 2.78. The van der Waals surface area contributed by atoms with E-state index in [1.165, 1.54) is 13.2 Å². The maximum atomic E-state index is 12.1. The van der Waals surface area contributed by atoms with Gasteiger partial charge in [-0.3, -0.25) is 10.1 Å². The van der Waals surface area contributed by atoms with E-state index in [0.29, 0.717) is 11.3 Å². The molecule has 26 heavy (non-hydrogen) atoms. The summed E-state index contributed by atoms with van der Waals surface area (Å²) in [6.07, 6.45) is 0. The highest BCUT2D eigenvalue weighted by Gasteiger charge is 2.34. The van der Waals surface area contributed by atoms with Gasteiger partial charge in [-0.25, -0.2) is 9.59 Å². The molecule has 1 aromatic heterocycles. The molecule has 0 aliphatic carbocycles. The Bertz CT molecular complexity index is 930. The number of nitro groups is 1. The Kier molecular flexibility index (Phi) is 4.44. The summed E-state index contributed by atoms with van der Waals surface area (Å²) in [5, 5.41) is 16.3. The van der Waals surface area contributed by atoms with Gasteiger partial charge >= 0.3 is 12.0 Å². The molecule has 134 valence electrons. The zero-order chi connectivity index (χ0) is 18.8. The summed E-state index contributed by atoms with van der Waals surface area (Å²) in [4.78, 5) is 34.6. The molecule has 9 nitrogen and oxygen atoms in total.